The van der Waals surface area contributed by atoms with Gasteiger partial charge >= 0.3 is 0 Å². The highest BCUT2D eigenvalue weighted by Crippen LogP contribution is 2.50. The minimum atomic E-state index is -1.14. The molecule has 1 aliphatic carbocycles. The van der Waals surface area contributed by atoms with Crippen LogP contribution in [0.4, 0.5) is 13.2 Å². The molecule has 1 amide bonds. The van der Waals surface area contributed by atoms with E-state index in [1.807, 2.05) is 0 Å². The second-order valence-electron chi connectivity index (χ2n) is 4.19. The number of halogens is 3. The number of amides is 1. The molecule has 5 heteroatoms. The van der Waals surface area contributed by atoms with E-state index in [-0.39, 0.29) is 5.56 Å². The molecule has 17 heavy (non-hydrogen) atoms. The average molecular weight is 243 g/mol. The maximum atomic E-state index is 13.6. The number of carbonyl (C=O) groups is 1. The van der Waals surface area contributed by atoms with Gasteiger partial charge in [-0.3, -0.25) is 4.79 Å². The number of rotatable bonds is 3. The van der Waals surface area contributed by atoms with Crippen LogP contribution in [0.3, 0.4) is 0 Å². The second-order valence-corrected chi connectivity index (χ2v) is 4.19. The van der Waals surface area contributed by atoms with E-state index >= 15 is 0 Å². The quantitative estimate of drug-likeness (QED) is 0.867. The highest BCUT2D eigenvalue weighted by atomic mass is 19.1. The molecule has 92 valence electrons. The summed E-state index contributed by atoms with van der Waals surface area (Å²) < 4.78 is 40.0. The van der Waals surface area contributed by atoms with E-state index in [0.717, 1.165) is 0 Å². The van der Waals surface area contributed by atoms with Crippen LogP contribution in [0.2, 0.25) is 0 Å². The maximum Gasteiger partial charge on any atom is 0.230 e. The minimum absolute atomic E-state index is 0.315. The van der Waals surface area contributed by atoms with Crippen molar-refractivity contribution in [3.63, 3.8) is 0 Å². The van der Waals surface area contributed by atoms with Gasteiger partial charge in [0.15, 0.2) is 0 Å². The topological polar surface area (TPSA) is 29.1 Å². The van der Waals surface area contributed by atoms with Crippen molar-refractivity contribution >= 4 is 5.91 Å². The largest absolute Gasteiger partial charge is 0.356 e. The van der Waals surface area contributed by atoms with Crippen LogP contribution in [0.15, 0.2) is 12.1 Å². The molecule has 0 bridgehead atoms. The smallest absolute Gasteiger partial charge is 0.230 e. The van der Waals surface area contributed by atoms with Crippen molar-refractivity contribution in [3.05, 3.63) is 35.1 Å². The monoisotopic (exact) mass is 243 g/mol. The number of carbonyl (C=O) groups excluding carboxylic acids is 1. The summed E-state index contributed by atoms with van der Waals surface area (Å²) in [5.74, 6) is -3.36. The summed E-state index contributed by atoms with van der Waals surface area (Å²) in [6.07, 6.45) is 0.774. The summed E-state index contributed by atoms with van der Waals surface area (Å²) in [4.78, 5) is 11.8. The van der Waals surface area contributed by atoms with E-state index in [2.05, 4.69) is 5.32 Å². The first kappa shape index (κ1) is 12.0. The van der Waals surface area contributed by atoms with Gasteiger partial charge in [-0.15, -0.1) is 0 Å². The third-order valence-corrected chi connectivity index (χ3v) is 3.01. The molecule has 0 aromatic heterocycles. The molecule has 0 aliphatic heterocycles. The molecular formula is C12H12F3NO. The van der Waals surface area contributed by atoms with Crippen molar-refractivity contribution in [2.75, 3.05) is 6.54 Å². The lowest BCUT2D eigenvalue weighted by Gasteiger charge is -2.16. The summed E-state index contributed by atoms with van der Waals surface area (Å²) in [5, 5.41) is 2.55. The van der Waals surface area contributed by atoms with Crippen LogP contribution >= 0.6 is 0 Å². The fourth-order valence-electron chi connectivity index (χ4n) is 2.04. The molecule has 1 aliphatic rings. The molecule has 1 saturated carbocycles. The van der Waals surface area contributed by atoms with Gasteiger partial charge in [-0.05, 0) is 19.8 Å². The van der Waals surface area contributed by atoms with Crippen molar-refractivity contribution < 1.29 is 18.0 Å². The van der Waals surface area contributed by atoms with Crippen LogP contribution in [0.5, 0.6) is 0 Å². The first-order valence-electron chi connectivity index (χ1n) is 5.44. The lowest BCUT2D eigenvalue weighted by Crippen LogP contribution is -2.35. The molecule has 2 rings (SSSR count). The maximum absolute atomic E-state index is 13.6. The van der Waals surface area contributed by atoms with E-state index in [0.29, 0.717) is 31.5 Å². The van der Waals surface area contributed by atoms with Crippen molar-refractivity contribution in [2.24, 2.45) is 0 Å². The number of hydrogen-bond donors (Lipinski definition) is 1. The summed E-state index contributed by atoms with van der Waals surface area (Å²) in [6, 6.07) is 1.22. The van der Waals surface area contributed by atoms with Gasteiger partial charge in [-0.1, -0.05) is 0 Å². The lowest BCUT2D eigenvalue weighted by atomic mass is 9.93. The normalized spacial score (nSPS) is 16.7. The Bertz CT molecular complexity index is 446. The first-order chi connectivity index (χ1) is 8.01. The van der Waals surface area contributed by atoms with E-state index in [9.17, 15) is 18.0 Å². The van der Waals surface area contributed by atoms with Crippen LogP contribution in [-0.2, 0) is 10.2 Å². The van der Waals surface area contributed by atoms with Crippen molar-refractivity contribution in [3.8, 4) is 0 Å². The van der Waals surface area contributed by atoms with Gasteiger partial charge in [-0.25, -0.2) is 13.2 Å². The first-order valence-corrected chi connectivity index (χ1v) is 5.44. The van der Waals surface area contributed by atoms with Crippen molar-refractivity contribution in [1.29, 1.82) is 0 Å². The molecule has 1 aromatic carbocycles. The Kier molecular flexibility index (Phi) is 2.85. The van der Waals surface area contributed by atoms with Gasteiger partial charge < -0.3 is 5.32 Å². The van der Waals surface area contributed by atoms with Crippen molar-refractivity contribution in [2.45, 2.75) is 25.2 Å². The average Bonchev–Trinajstić information content (AvgIpc) is 2.98. The Morgan fingerprint density at radius 3 is 2.24 bits per heavy atom. The van der Waals surface area contributed by atoms with E-state index in [1.54, 1.807) is 6.92 Å². The van der Waals surface area contributed by atoms with Gasteiger partial charge in [0.05, 0.1) is 5.41 Å². The van der Waals surface area contributed by atoms with Crippen LogP contribution in [0.1, 0.15) is 25.3 Å². The van der Waals surface area contributed by atoms with E-state index in [4.69, 9.17) is 0 Å². The van der Waals surface area contributed by atoms with Crippen LogP contribution in [0, 0.1) is 17.5 Å². The number of benzene rings is 1. The molecular weight excluding hydrogens is 231 g/mol. The number of hydrogen-bond acceptors (Lipinski definition) is 1. The molecule has 1 aromatic rings. The molecule has 0 saturated heterocycles. The molecule has 1 fully saturated rings. The van der Waals surface area contributed by atoms with E-state index in [1.165, 1.54) is 0 Å². The molecule has 0 spiro atoms. The Morgan fingerprint density at radius 2 is 1.82 bits per heavy atom. The summed E-state index contributed by atoms with van der Waals surface area (Å²) in [7, 11) is 0. The zero-order valence-electron chi connectivity index (χ0n) is 9.32. The zero-order valence-corrected chi connectivity index (χ0v) is 9.32. The SMILES string of the molecule is CCNC(=O)C1(c2c(F)cc(F)cc2F)CC1. The van der Waals surface area contributed by atoms with Gasteiger partial charge in [0.25, 0.3) is 0 Å². The minimum Gasteiger partial charge on any atom is -0.356 e. The predicted molar refractivity (Wildman–Crippen MR) is 55.9 cm³/mol. The zero-order chi connectivity index (χ0) is 12.6. The van der Waals surface area contributed by atoms with Gasteiger partial charge in [-0.2, -0.15) is 0 Å². The van der Waals surface area contributed by atoms with Gasteiger partial charge in [0.2, 0.25) is 5.91 Å². The summed E-state index contributed by atoms with van der Waals surface area (Å²) in [5.41, 5.74) is -1.46. The lowest BCUT2D eigenvalue weighted by molar-refractivity contribution is -0.123. The Labute approximate surface area is 96.8 Å². The standard InChI is InChI=1S/C12H12F3NO/c1-2-16-11(17)12(3-4-12)10-8(14)5-7(13)6-9(10)15/h5-6H,2-4H2,1H3,(H,16,17). The van der Waals surface area contributed by atoms with Gasteiger partial charge in [0.1, 0.15) is 17.5 Å². The Hall–Kier alpha value is -1.52. The molecule has 0 radical (unpaired) electrons. The third-order valence-electron chi connectivity index (χ3n) is 3.01. The molecule has 2 nitrogen and oxygen atoms in total. The van der Waals surface area contributed by atoms with Crippen LogP contribution in [0.25, 0.3) is 0 Å². The van der Waals surface area contributed by atoms with Crippen LogP contribution < -0.4 is 5.32 Å². The van der Waals surface area contributed by atoms with Gasteiger partial charge in [0, 0.05) is 24.2 Å². The second kappa shape index (κ2) is 4.05. The Balaban J connectivity index is 2.44. The van der Waals surface area contributed by atoms with Crippen molar-refractivity contribution in [1.82, 2.24) is 5.32 Å². The summed E-state index contributed by atoms with van der Waals surface area (Å²) in [6.45, 7) is 2.12. The molecule has 0 unspecified atom stereocenters. The fourth-order valence-corrected chi connectivity index (χ4v) is 2.04. The van der Waals surface area contributed by atoms with Crippen LogP contribution in [-0.4, -0.2) is 12.5 Å². The fraction of sp³-hybridized carbons (Fsp3) is 0.417. The molecule has 1 N–H and O–H groups in total. The third kappa shape index (κ3) is 1.90. The highest BCUT2D eigenvalue weighted by molar-refractivity contribution is 5.91. The highest BCUT2D eigenvalue weighted by Gasteiger charge is 2.54. The molecule has 0 heterocycles. The summed E-state index contributed by atoms with van der Waals surface area (Å²) >= 11 is 0. The molecule has 0 atom stereocenters. The number of likely N-dealkylation sites (N-methyl/N-ethyl adjacent to an activating group) is 1. The van der Waals surface area contributed by atoms with E-state index < -0.39 is 28.8 Å². The number of nitrogens with one attached hydrogen (secondary N) is 1. The Morgan fingerprint density at radius 1 is 1.29 bits per heavy atom. The predicted octanol–water partition coefficient (Wildman–Crippen LogP) is 2.27.